The summed E-state index contributed by atoms with van der Waals surface area (Å²) in [6, 6.07) is 13.1. The lowest BCUT2D eigenvalue weighted by Gasteiger charge is -2.30. The fourth-order valence-corrected chi connectivity index (χ4v) is 6.54. The summed E-state index contributed by atoms with van der Waals surface area (Å²) >= 11 is 0. The number of ether oxygens (including phenoxy) is 1. The van der Waals surface area contributed by atoms with E-state index in [1.165, 1.54) is 18.9 Å². The van der Waals surface area contributed by atoms with Crippen molar-refractivity contribution in [2.45, 2.75) is 40.0 Å². The number of likely N-dealkylation sites (tertiary alicyclic amines) is 1. The zero-order valence-corrected chi connectivity index (χ0v) is 24.9. The molecular formula is C34H39FN4O3. The van der Waals surface area contributed by atoms with Crippen LogP contribution < -0.4 is 20.4 Å². The molecule has 3 aromatic carbocycles. The first-order valence-electron chi connectivity index (χ1n) is 15.1. The third-order valence-electron chi connectivity index (χ3n) is 8.41. The van der Waals surface area contributed by atoms with E-state index >= 15 is 4.39 Å². The van der Waals surface area contributed by atoms with E-state index in [-0.39, 0.29) is 22.6 Å². The molecule has 220 valence electrons. The highest BCUT2D eigenvalue weighted by Crippen LogP contribution is 2.47. The molecular weight excluding hydrogens is 531 g/mol. The zero-order chi connectivity index (χ0) is 29.5. The normalized spacial score (nSPS) is 16.5. The molecule has 0 radical (unpaired) electrons. The monoisotopic (exact) mass is 570 g/mol. The van der Waals surface area contributed by atoms with Gasteiger partial charge in [0.25, 0.3) is 5.91 Å². The predicted molar refractivity (Wildman–Crippen MR) is 167 cm³/mol. The Morgan fingerprint density at radius 2 is 1.95 bits per heavy atom. The van der Waals surface area contributed by atoms with Gasteiger partial charge in [-0.25, -0.2) is 4.39 Å². The van der Waals surface area contributed by atoms with E-state index in [1.807, 2.05) is 52.9 Å². The second-order valence-electron chi connectivity index (χ2n) is 12.4. The molecule has 7 nitrogen and oxygen atoms in total. The molecule has 2 aliphatic rings. The molecule has 8 heteroatoms. The number of anilines is 1. The maximum Gasteiger partial charge on any atom is 0.256 e. The van der Waals surface area contributed by atoms with Crippen LogP contribution in [0.5, 0.6) is 11.5 Å². The van der Waals surface area contributed by atoms with Gasteiger partial charge in [0.2, 0.25) is 5.43 Å². The molecule has 0 saturated carbocycles. The first-order chi connectivity index (χ1) is 20.2. The fourth-order valence-electron chi connectivity index (χ4n) is 6.54. The number of carbonyl (C=O) groups is 1. The molecule has 2 aliphatic heterocycles. The maximum atomic E-state index is 15.8. The third kappa shape index (κ3) is 5.24. The molecule has 1 amide bonds. The summed E-state index contributed by atoms with van der Waals surface area (Å²) in [4.78, 5) is 31.4. The van der Waals surface area contributed by atoms with E-state index in [0.717, 1.165) is 36.8 Å². The molecule has 1 N–H and O–H groups in total. The molecule has 1 aromatic heterocycles. The quantitative estimate of drug-likeness (QED) is 0.221. The number of carbonyl (C=O) groups excluding carboxylic acids is 1. The number of nitrogens with one attached hydrogen (secondary N) is 1. The largest absolute Gasteiger partial charge is 0.451 e. The molecule has 0 spiro atoms. The van der Waals surface area contributed by atoms with Crippen molar-refractivity contribution in [2.24, 2.45) is 11.8 Å². The summed E-state index contributed by atoms with van der Waals surface area (Å²) in [5.41, 5.74) is 0.944. The van der Waals surface area contributed by atoms with Gasteiger partial charge in [-0.05, 0) is 73.2 Å². The van der Waals surface area contributed by atoms with E-state index in [4.69, 9.17) is 4.74 Å². The number of hydrogen-bond donors (Lipinski definition) is 1. The first kappa shape index (κ1) is 28.2. The number of piperidine rings is 1. The number of amides is 1. The van der Waals surface area contributed by atoms with Crippen molar-refractivity contribution in [3.05, 3.63) is 70.3 Å². The zero-order valence-electron chi connectivity index (χ0n) is 24.9. The number of nitrogens with zero attached hydrogens (tertiary/aromatic N) is 3. The number of hydrogen-bond acceptors (Lipinski definition) is 5. The average Bonchev–Trinajstić information content (AvgIpc) is 2.95. The van der Waals surface area contributed by atoms with Crippen LogP contribution in [-0.2, 0) is 0 Å². The Balaban J connectivity index is 1.41. The summed E-state index contributed by atoms with van der Waals surface area (Å²) < 4.78 is 24.1. The topological polar surface area (TPSA) is 66.8 Å². The Kier molecular flexibility index (Phi) is 7.66. The first-order valence-corrected chi connectivity index (χ1v) is 15.1. The fraction of sp³-hybridized carbons (Fsp3) is 0.412. The number of halogens is 1. The lowest BCUT2D eigenvalue weighted by atomic mass is 10.0. The van der Waals surface area contributed by atoms with Gasteiger partial charge in [0, 0.05) is 32.9 Å². The smallest absolute Gasteiger partial charge is 0.256 e. The average molecular weight is 571 g/mol. The number of rotatable bonds is 8. The van der Waals surface area contributed by atoms with E-state index in [1.54, 1.807) is 6.20 Å². The van der Waals surface area contributed by atoms with Crippen molar-refractivity contribution in [1.29, 1.82) is 0 Å². The van der Waals surface area contributed by atoms with Crippen molar-refractivity contribution in [3.8, 4) is 17.2 Å². The molecule has 0 aliphatic carbocycles. The minimum atomic E-state index is -0.554. The summed E-state index contributed by atoms with van der Waals surface area (Å²) in [6.45, 7) is 10.6. The Hall–Kier alpha value is -3.91. The van der Waals surface area contributed by atoms with E-state index in [2.05, 4.69) is 31.0 Å². The number of benzene rings is 3. The van der Waals surface area contributed by atoms with E-state index < -0.39 is 17.2 Å². The van der Waals surface area contributed by atoms with Gasteiger partial charge in [0.05, 0.1) is 11.1 Å². The van der Waals surface area contributed by atoms with Gasteiger partial charge >= 0.3 is 0 Å². The van der Waals surface area contributed by atoms with Gasteiger partial charge in [-0.15, -0.1) is 0 Å². The molecule has 1 fully saturated rings. The molecule has 1 saturated heterocycles. The predicted octanol–water partition coefficient (Wildman–Crippen LogP) is 6.33. The summed E-state index contributed by atoms with van der Waals surface area (Å²) in [7, 11) is 1.83. The second kappa shape index (κ2) is 11.4. The van der Waals surface area contributed by atoms with Gasteiger partial charge in [-0.1, -0.05) is 45.0 Å². The van der Waals surface area contributed by atoms with Gasteiger partial charge in [0.1, 0.15) is 16.8 Å². The van der Waals surface area contributed by atoms with E-state index in [0.29, 0.717) is 41.6 Å². The van der Waals surface area contributed by atoms with Crippen molar-refractivity contribution >= 4 is 33.3 Å². The van der Waals surface area contributed by atoms with Crippen LogP contribution in [0.25, 0.3) is 27.4 Å². The number of aromatic nitrogens is 1. The van der Waals surface area contributed by atoms with Gasteiger partial charge in [-0.2, -0.15) is 0 Å². The van der Waals surface area contributed by atoms with Crippen molar-refractivity contribution in [3.63, 3.8) is 0 Å². The van der Waals surface area contributed by atoms with Crippen LogP contribution in [0.15, 0.2) is 53.5 Å². The number of pyridine rings is 1. The van der Waals surface area contributed by atoms with Gasteiger partial charge in [-0.3, -0.25) is 9.59 Å². The Morgan fingerprint density at radius 3 is 2.69 bits per heavy atom. The summed E-state index contributed by atoms with van der Waals surface area (Å²) in [5, 5.41) is 5.04. The lowest BCUT2D eigenvalue weighted by molar-refractivity contribution is 0.0948. The second-order valence-corrected chi connectivity index (χ2v) is 12.4. The van der Waals surface area contributed by atoms with Crippen LogP contribution in [0.1, 0.15) is 50.4 Å². The summed E-state index contributed by atoms with van der Waals surface area (Å²) in [6.07, 6.45) is 4.87. The van der Waals surface area contributed by atoms with Crippen molar-refractivity contribution < 1.29 is 13.9 Å². The lowest BCUT2D eigenvalue weighted by Crippen LogP contribution is -2.37. The minimum Gasteiger partial charge on any atom is -0.451 e. The highest BCUT2D eigenvalue weighted by Gasteiger charge is 2.30. The molecule has 3 heterocycles. The number of fused-ring (bicyclic) bond motifs is 3. The van der Waals surface area contributed by atoms with Gasteiger partial charge in [0.15, 0.2) is 17.3 Å². The highest BCUT2D eigenvalue weighted by atomic mass is 19.1. The van der Waals surface area contributed by atoms with Gasteiger partial charge < -0.3 is 24.4 Å². The maximum absolute atomic E-state index is 15.8. The Bertz CT molecular complexity index is 1730. The van der Waals surface area contributed by atoms with Crippen LogP contribution in [0.3, 0.4) is 0 Å². The highest BCUT2D eigenvalue weighted by molar-refractivity contribution is 6.02. The molecule has 6 rings (SSSR count). The SMILES string of the molecule is CC(C)CN(C)c1c(F)cc2c(=O)c(C(=O)NCCCN3CCCC(C)C3)cn3c2c1Oc1cc2ccccc2cc1-3. The van der Waals surface area contributed by atoms with Crippen LogP contribution in [0.2, 0.25) is 0 Å². The van der Waals surface area contributed by atoms with E-state index in [9.17, 15) is 9.59 Å². The molecule has 42 heavy (non-hydrogen) atoms. The van der Waals surface area contributed by atoms with Crippen LogP contribution in [-0.4, -0.2) is 55.1 Å². The van der Waals surface area contributed by atoms with Crippen LogP contribution in [0, 0.1) is 17.7 Å². The molecule has 4 aromatic rings. The summed E-state index contributed by atoms with van der Waals surface area (Å²) in [5.74, 6) is 0.803. The molecule has 1 unspecified atom stereocenters. The Morgan fingerprint density at radius 1 is 1.19 bits per heavy atom. The van der Waals surface area contributed by atoms with Crippen molar-refractivity contribution in [2.75, 3.05) is 44.7 Å². The standard InChI is InChI=1S/C34H39FN4O3/c1-21(2)18-37(4)31-27(35)17-25-30-33(31)42-29-16-24-11-6-5-10-23(24)15-28(29)39(30)20-26(32(25)40)34(41)36-12-8-14-38-13-7-9-22(3)19-38/h5-6,10-11,15-17,20-22H,7-9,12-14,18-19H2,1-4H3,(H,36,41). The van der Waals surface area contributed by atoms with Crippen LogP contribution in [0.4, 0.5) is 10.1 Å². The van der Waals surface area contributed by atoms with Crippen LogP contribution >= 0.6 is 0 Å². The molecule has 1 atom stereocenters. The van der Waals surface area contributed by atoms with Crippen molar-refractivity contribution in [1.82, 2.24) is 14.8 Å². The minimum absolute atomic E-state index is 0.0104. The Labute approximate surface area is 245 Å². The third-order valence-corrected chi connectivity index (χ3v) is 8.41. The molecule has 0 bridgehead atoms.